The van der Waals surface area contributed by atoms with Crippen molar-refractivity contribution in [2.75, 3.05) is 18.1 Å². The van der Waals surface area contributed by atoms with Crippen LogP contribution in [0.25, 0.3) is 0 Å². The molecule has 0 radical (unpaired) electrons. The van der Waals surface area contributed by atoms with Gasteiger partial charge in [-0.2, -0.15) is 23.5 Å². The maximum atomic E-state index is 14.0. The van der Waals surface area contributed by atoms with Crippen molar-refractivity contribution in [1.29, 1.82) is 0 Å². The van der Waals surface area contributed by atoms with Crippen molar-refractivity contribution in [3.8, 4) is 0 Å². The monoisotopic (exact) mass is 377 g/mol. The average molecular weight is 378 g/mol. The molecule has 0 spiro atoms. The van der Waals surface area contributed by atoms with Crippen LogP contribution in [-0.2, 0) is 6.42 Å². The molecule has 0 bridgehead atoms. The van der Waals surface area contributed by atoms with Gasteiger partial charge in [-0.25, -0.2) is 4.39 Å². The van der Waals surface area contributed by atoms with E-state index >= 15 is 0 Å². The van der Waals surface area contributed by atoms with E-state index in [1.54, 1.807) is 12.1 Å². The predicted molar refractivity (Wildman–Crippen MR) is 93.4 cm³/mol. The minimum absolute atomic E-state index is 0.0998. The third kappa shape index (κ3) is 4.39. The van der Waals surface area contributed by atoms with Gasteiger partial charge in [-0.05, 0) is 36.7 Å². The zero-order chi connectivity index (χ0) is 14.5. The molecule has 20 heavy (non-hydrogen) atoms. The Hall–Kier alpha value is 0.290. The van der Waals surface area contributed by atoms with Gasteiger partial charge in [0.1, 0.15) is 5.82 Å². The van der Waals surface area contributed by atoms with Crippen molar-refractivity contribution in [1.82, 2.24) is 5.32 Å². The first kappa shape index (κ1) is 16.7. The lowest BCUT2D eigenvalue weighted by molar-refractivity contribution is 0.488. The maximum Gasteiger partial charge on any atom is 0.126 e. The molecule has 5 heteroatoms. The van der Waals surface area contributed by atoms with Gasteiger partial charge in [-0.3, -0.25) is 0 Å². The van der Waals surface area contributed by atoms with Gasteiger partial charge in [0.15, 0.2) is 0 Å². The molecule has 1 aliphatic rings. The molecule has 3 unspecified atom stereocenters. The molecule has 1 aromatic rings. The molecule has 1 N–H and O–H groups in total. The molecule has 1 aromatic carbocycles. The molecular weight excluding hydrogens is 357 g/mol. The van der Waals surface area contributed by atoms with Gasteiger partial charge in [-0.1, -0.05) is 29.8 Å². The molecule has 1 saturated heterocycles. The zero-order valence-electron chi connectivity index (χ0n) is 11.9. The summed E-state index contributed by atoms with van der Waals surface area (Å²) in [5.41, 5.74) is 0.800. The van der Waals surface area contributed by atoms with Crippen LogP contribution in [0.5, 0.6) is 0 Å². The summed E-state index contributed by atoms with van der Waals surface area (Å²) in [6, 6.07) is 5.55. The molecule has 1 fully saturated rings. The fourth-order valence-corrected chi connectivity index (χ4v) is 5.96. The smallest absolute Gasteiger partial charge is 0.126 e. The molecule has 0 aromatic heterocycles. The summed E-state index contributed by atoms with van der Waals surface area (Å²) in [6.45, 7) is 5.34. The van der Waals surface area contributed by atoms with Gasteiger partial charge < -0.3 is 5.32 Å². The summed E-state index contributed by atoms with van der Waals surface area (Å²) >= 11 is 7.50. The predicted octanol–water partition coefficient (Wildman–Crippen LogP) is 4.35. The van der Waals surface area contributed by atoms with Gasteiger partial charge in [0.05, 0.1) is 0 Å². The van der Waals surface area contributed by atoms with Crippen molar-refractivity contribution in [3.63, 3.8) is 0 Å². The molecular formula is C15H21BrFNS2. The van der Waals surface area contributed by atoms with Crippen LogP contribution >= 0.6 is 39.5 Å². The normalized spacial score (nSPS) is 24.6. The van der Waals surface area contributed by atoms with E-state index in [1.165, 1.54) is 11.5 Å². The van der Waals surface area contributed by atoms with Gasteiger partial charge in [0.2, 0.25) is 0 Å². The van der Waals surface area contributed by atoms with Crippen LogP contribution < -0.4 is 5.32 Å². The number of nitrogens with one attached hydrogen (secondary N) is 1. The van der Waals surface area contributed by atoms with E-state index < -0.39 is 0 Å². The Bertz CT molecular complexity index is 444. The Morgan fingerprint density at radius 2 is 2.15 bits per heavy atom. The Balaban J connectivity index is 2.13. The summed E-state index contributed by atoms with van der Waals surface area (Å²) < 4.78 is 14.9. The summed E-state index contributed by atoms with van der Waals surface area (Å²) in [5.74, 6) is 2.33. The lowest BCUT2D eigenvalue weighted by Crippen LogP contribution is -2.45. The number of likely N-dealkylation sites (N-methyl/N-ethyl adjacent to an activating group) is 1. The molecule has 3 atom stereocenters. The highest BCUT2D eigenvalue weighted by Gasteiger charge is 2.30. The standard InChI is InChI=1S/C15H21BrFNS2/c1-3-18-14(15-10(2)19-6-7-20-15)9-11-8-12(16)4-5-13(11)17/h4-5,8,10,14-15,18H,3,6-7,9H2,1-2H3. The van der Waals surface area contributed by atoms with Crippen molar-refractivity contribution in [2.24, 2.45) is 0 Å². The molecule has 1 heterocycles. The average Bonchev–Trinajstić information content (AvgIpc) is 2.43. The van der Waals surface area contributed by atoms with E-state index in [4.69, 9.17) is 0 Å². The third-order valence-electron chi connectivity index (χ3n) is 3.55. The van der Waals surface area contributed by atoms with Crippen LogP contribution in [0.3, 0.4) is 0 Å². The zero-order valence-corrected chi connectivity index (χ0v) is 15.1. The molecule has 0 aliphatic carbocycles. The fourth-order valence-electron chi connectivity index (χ4n) is 2.60. The van der Waals surface area contributed by atoms with Gasteiger partial charge in [0.25, 0.3) is 0 Å². The molecule has 0 saturated carbocycles. The second-order valence-electron chi connectivity index (χ2n) is 5.02. The summed E-state index contributed by atoms with van der Waals surface area (Å²) in [4.78, 5) is 0. The van der Waals surface area contributed by atoms with Crippen molar-refractivity contribution < 1.29 is 4.39 Å². The van der Waals surface area contributed by atoms with E-state index in [2.05, 4.69) is 35.1 Å². The summed E-state index contributed by atoms with van der Waals surface area (Å²) in [5, 5.41) is 4.73. The largest absolute Gasteiger partial charge is 0.313 e. The Morgan fingerprint density at radius 1 is 1.40 bits per heavy atom. The summed E-state index contributed by atoms with van der Waals surface area (Å²) in [6.07, 6.45) is 0.752. The van der Waals surface area contributed by atoms with Crippen molar-refractivity contribution >= 4 is 39.5 Å². The van der Waals surface area contributed by atoms with Crippen LogP contribution in [0.4, 0.5) is 4.39 Å². The SMILES string of the molecule is CCNC(Cc1cc(Br)ccc1F)C1SCCSC1C. The first-order valence-corrected chi connectivity index (χ1v) is 9.91. The first-order valence-electron chi connectivity index (χ1n) is 7.02. The Morgan fingerprint density at radius 3 is 2.85 bits per heavy atom. The van der Waals surface area contributed by atoms with Gasteiger partial charge in [0, 0.05) is 32.5 Å². The van der Waals surface area contributed by atoms with Crippen LogP contribution in [0.1, 0.15) is 19.4 Å². The van der Waals surface area contributed by atoms with Crippen LogP contribution in [0, 0.1) is 5.82 Å². The molecule has 112 valence electrons. The van der Waals surface area contributed by atoms with E-state index in [9.17, 15) is 4.39 Å². The number of rotatable bonds is 5. The fraction of sp³-hybridized carbons (Fsp3) is 0.600. The van der Waals surface area contributed by atoms with E-state index in [0.717, 1.165) is 23.0 Å². The van der Waals surface area contributed by atoms with Crippen LogP contribution in [0.2, 0.25) is 0 Å². The van der Waals surface area contributed by atoms with Crippen LogP contribution in [-0.4, -0.2) is 34.6 Å². The second-order valence-corrected chi connectivity index (χ2v) is 8.70. The lowest BCUT2D eigenvalue weighted by Gasteiger charge is -2.35. The van der Waals surface area contributed by atoms with E-state index in [1.807, 2.05) is 29.6 Å². The van der Waals surface area contributed by atoms with Gasteiger partial charge in [-0.15, -0.1) is 0 Å². The number of benzene rings is 1. The Labute approximate surface area is 138 Å². The number of hydrogen-bond acceptors (Lipinski definition) is 3. The first-order chi connectivity index (χ1) is 9.61. The van der Waals surface area contributed by atoms with Crippen LogP contribution in [0.15, 0.2) is 22.7 Å². The van der Waals surface area contributed by atoms with E-state index in [-0.39, 0.29) is 5.82 Å². The lowest BCUT2D eigenvalue weighted by atomic mass is 10.0. The number of halogens is 2. The highest BCUT2D eigenvalue weighted by atomic mass is 79.9. The molecule has 0 amide bonds. The number of thioether (sulfide) groups is 2. The van der Waals surface area contributed by atoms with E-state index in [0.29, 0.717) is 16.5 Å². The van der Waals surface area contributed by atoms with Crippen molar-refractivity contribution in [2.45, 2.75) is 36.8 Å². The van der Waals surface area contributed by atoms with Crippen molar-refractivity contribution in [3.05, 3.63) is 34.1 Å². The Kier molecular flexibility index (Phi) is 6.72. The summed E-state index contributed by atoms with van der Waals surface area (Å²) in [7, 11) is 0. The quantitative estimate of drug-likeness (QED) is 0.818. The molecule has 1 aliphatic heterocycles. The second kappa shape index (κ2) is 8.06. The minimum atomic E-state index is -0.0998. The third-order valence-corrected chi connectivity index (χ3v) is 7.29. The van der Waals surface area contributed by atoms with Gasteiger partial charge >= 0.3 is 0 Å². The number of hydrogen-bond donors (Lipinski definition) is 1. The molecule has 1 nitrogen and oxygen atoms in total. The topological polar surface area (TPSA) is 12.0 Å². The minimum Gasteiger partial charge on any atom is -0.313 e. The highest BCUT2D eigenvalue weighted by molar-refractivity contribution is 9.10. The molecule has 2 rings (SSSR count). The maximum absolute atomic E-state index is 14.0. The highest BCUT2D eigenvalue weighted by Crippen LogP contribution is 2.34.